The van der Waals surface area contributed by atoms with Crippen LogP contribution in [0.15, 0.2) is 24.3 Å². The first-order valence-electron chi connectivity index (χ1n) is 24.3. The predicted molar refractivity (Wildman–Crippen MR) is 239 cm³/mol. The fourth-order valence-corrected chi connectivity index (χ4v) is 10.9. The third-order valence-corrected chi connectivity index (χ3v) is 15.0. The van der Waals surface area contributed by atoms with Crippen molar-refractivity contribution in [2.75, 3.05) is 14.1 Å². The first-order chi connectivity index (χ1) is 29.8. The highest BCUT2D eigenvalue weighted by Crippen LogP contribution is 2.49. The number of ether oxygens (including phenoxy) is 6. The van der Waals surface area contributed by atoms with Gasteiger partial charge in [0.2, 0.25) is 0 Å². The quantitative estimate of drug-likeness (QED) is 0.141. The zero-order valence-electron chi connectivity index (χ0n) is 40.4. The van der Waals surface area contributed by atoms with Crippen molar-refractivity contribution in [2.45, 2.75) is 247 Å². The van der Waals surface area contributed by atoms with Crippen LogP contribution in [0, 0.1) is 17.8 Å². The van der Waals surface area contributed by atoms with Crippen LogP contribution in [0.5, 0.6) is 0 Å². The predicted octanol–water partition coefficient (Wildman–Crippen LogP) is 4.78. The molecule has 5 aliphatic heterocycles. The molecular weight excluding hydrogens is 827 g/mol. The van der Waals surface area contributed by atoms with Crippen LogP contribution >= 0.6 is 0 Å². The molecule has 4 saturated heterocycles. The van der Waals surface area contributed by atoms with Gasteiger partial charge in [-0.25, -0.2) is 4.79 Å². The maximum atomic E-state index is 13.8. The molecule has 4 fully saturated rings. The number of fused-ring (bicyclic) bond motifs is 3. The van der Waals surface area contributed by atoms with Gasteiger partial charge in [-0.1, -0.05) is 45.8 Å². The molecule has 2 bridgehead atoms. The number of allylic oxidation sites excluding steroid dienone is 1. The Labute approximate surface area is 382 Å². The van der Waals surface area contributed by atoms with E-state index in [1.165, 1.54) is 20.8 Å². The van der Waals surface area contributed by atoms with Gasteiger partial charge < -0.3 is 69.1 Å². The van der Waals surface area contributed by atoms with Crippen LogP contribution in [0.4, 0.5) is 0 Å². The number of nitrogens with zero attached hydrogens (tertiary/aromatic N) is 1. The van der Waals surface area contributed by atoms with Crippen LogP contribution in [0.2, 0.25) is 0 Å². The fraction of sp³-hybridized carbons (Fsp3) is 0.898. The summed E-state index contributed by atoms with van der Waals surface area (Å²) in [5, 5.41) is 81.8. The van der Waals surface area contributed by atoms with E-state index in [-0.39, 0.29) is 43.4 Å². The smallest absolute Gasteiger partial charge is 0.330 e. The first-order valence-corrected chi connectivity index (χ1v) is 24.3. The minimum atomic E-state index is -2.08. The second kappa shape index (κ2) is 21.8. The van der Waals surface area contributed by atoms with E-state index in [1.54, 1.807) is 0 Å². The summed E-state index contributed by atoms with van der Waals surface area (Å²) >= 11 is 0. The normalized spacial score (nSPS) is 47.3. The lowest BCUT2D eigenvalue weighted by Crippen LogP contribution is -2.58. The van der Waals surface area contributed by atoms with Gasteiger partial charge >= 0.3 is 5.97 Å². The van der Waals surface area contributed by atoms with Gasteiger partial charge in [-0.05, 0) is 119 Å². The molecule has 1 spiro atoms. The van der Waals surface area contributed by atoms with Crippen LogP contribution in [0.25, 0.3) is 0 Å². The van der Waals surface area contributed by atoms with E-state index in [1.807, 2.05) is 54.8 Å². The molecule has 15 nitrogen and oxygen atoms in total. The van der Waals surface area contributed by atoms with Crippen LogP contribution in [-0.4, -0.2) is 156 Å². The Hall–Kier alpha value is -1.57. The van der Waals surface area contributed by atoms with E-state index in [0.29, 0.717) is 44.9 Å². The van der Waals surface area contributed by atoms with Crippen molar-refractivity contribution in [2.24, 2.45) is 17.8 Å². The lowest BCUT2D eigenvalue weighted by atomic mass is 9.79. The van der Waals surface area contributed by atoms with Crippen molar-refractivity contribution >= 4 is 5.97 Å². The largest absolute Gasteiger partial charge is 0.459 e. The molecule has 15 heteroatoms. The standard InChI is InChI=1S/C49H85NO14/c1-11-34(51)26-35-19-17-24-48(62-35)28-37-30(2)38(63-48)29-49(58)33(27-45(5,6)64-49)18-15-13-12-14-16-23-46(7,56)44(55)42(61-40-21-20-36(50(9)10)32(4)59-40)41(53)31(3)43(54)47(8,57)25-22-39(52)60-37/h15,18,22,25,30-38,40-44,51,53-58H,11-14,16-17,19-21,23-24,26-29H2,1-10H3/b18-15-,25-22+/t30-,31+,32+,33+,34+,35+,36-,37-,38-,40?,41+,42-,43-,44+,46+,47+,48+,49-/m0/s1. The molecule has 0 aromatic carbocycles. The Bertz CT molecular complexity index is 1550. The SMILES string of the molecule is CC[C@@H](O)C[C@H]1CCC[C@@]2(C[C@@H]3OC(=O)/C=C/[C@@](C)(O)[C@@H](O)[C@H](C)[C@@H](O)[C@H](OC4CC[C@H](N(C)C)[C@@H](C)O4)[C@@H](O)[C@](C)(O)CCCCC/C=C\[C@@H]4CC(C)(C)O[C@@]4(O)C[C@H](O2)[C@H]3C)O1. The zero-order valence-corrected chi connectivity index (χ0v) is 40.4. The number of carbonyl (C=O) groups excluding carboxylic acids is 1. The molecule has 64 heavy (non-hydrogen) atoms. The van der Waals surface area contributed by atoms with E-state index in [2.05, 4.69) is 11.0 Å². The molecule has 0 saturated carbocycles. The number of carbonyl (C=O) groups is 1. The summed E-state index contributed by atoms with van der Waals surface area (Å²) < 4.78 is 38.7. The van der Waals surface area contributed by atoms with Gasteiger partial charge in [0.15, 0.2) is 17.9 Å². The highest BCUT2D eigenvalue weighted by molar-refractivity contribution is 5.82. The van der Waals surface area contributed by atoms with Gasteiger partial charge in [0.1, 0.15) is 23.9 Å². The Balaban J connectivity index is 1.45. The van der Waals surface area contributed by atoms with Gasteiger partial charge in [0, 0.05) is 49.1 Å². The molecule has 5 heterocycles. The van der Waals surface area contributed by atoms with E-state index in [9.17, 15) is 40.5 Å². The van der Waals surface area contributed by atoms with Gasteiger partial charge in [0.05, 0.1) is 47.8 Å². The lowest BCUT2D eigenvalue weighted by Gasteiger charge is -2.51. The van der Waals surface area contributed by atoms with Crippen LogP contribution in [0.1, 0.15) is 152 Å². The van der Waals surface area contributed by atoms with Gasteiger partial charge in [0.25, 0.3) is 0 Å². The summed E-state index contributed by atoms with van der Waals surface area (Å²) in [5.74, 6) is -5.49. The number of esters is 1. The maximum Gasteiger partial charge on any atom is 0.330 e. The maximum absolute atomic E-state index is 13.8. The average molecular weight is 912 g/mol. The second-order valence-corrected chi connectivity index (χ2v) is 21.4. The van der Waals surface area contributed by atoms with Crippen molar-refractivity contribution in [3.8, 4) is 0 Å². The fourth-order valence-electron chi connectivity index (χ4n) is 10.9. The molecule has 18 atom stereocenters. The number of hydrogen-bond acceptors (Lipinski definition) is 15. The average Bonchev–Trinajstić information content (AvgIpc) is 3.45. The Kier molecular flexibility index (Phi) is 18.2. The molecule has 0 aliphatic carbocycles. The Morgan fingerprint density at radius 2 is 1.58 bits per heavy atom. The molecule has 370 valence electrons. The summed E-state index contributed by atoms with van der Waals surface area (Å²) in [6, 6.07) is 0.128. The first kappa shape index (κ1) is 53.4. The third-order valence-electron chi connectivity index (χ3n) is 15.0. The van der Waals surface area contributed by atoms with Gasteiger partial charge in [-0.3, -0.25) is 0 Å². The zero-order chi connectivity index (χ0) is 47.4. The molecule has 0 aromatic rings. The van der Waals surface area contributed by atoms with Crippen LogP contribution in [-0.2, 0) is 33.2 Å². The van der Waals surface area contributed by atoms with E-state index >= 15 is 0 Å². The molecule has 0 aromatic heterocycles. The summed E-state index contributed by atoms with van der Waals surface area (Å²) in [5.41, 5.74) is -4.43. The monoisotopic (exact) mass is 912 g/mol. The van der Waals surface area contributed by atoms with E-state index in [0.717, 1.165) is 44.3 Å². The number of aliphatic hydroxyl groups excluding tert-OH is 4. The molecule has 1 unspecified atom stereocenters. The third kappa shape index (κ3) is 13.4. The van der Waals surface area contributed by atoms with E-state index in [4.69, 9.17) is 28.4 Å². The molecule has 0 radical (unpaired) electrons. The number of rotatable bonds is 6. The van der Waals surface area contributed by atoms with Crippen molar-refractivity contribution in [3.05, 3.63) is 24.3 Å². The number of likely N-dealkylation sites (N-methyl/N-ethyl adjacent to an activating group) is 1. The van der Waals surface area contributed by atoms with Crippen molar-refractivity contribution < 1.29 is 69.0 Å². The topological polar surface area (TPSA) is 217 Å². The van der Waals surface area contributed by atoms with Crippen LogP contribution < -0.4 is 0 Å². The molecule has 7 N–H and O–H groups in total. The second-order valence-electron chi connectivity index (χ2n) is 21.4. The lowest BCUT2D eigenvalue weighted by molar-refractivity contribution is -0.352. The summed E-state index contributed by atoms with van der Waals surface area (Å²) in [6.45, 7) is 14.0. The molecular formula is C49H85NO14. The molecule has 5 rings (SSSR count). The van der Waals surface area contributed by atoms with Crippen molar-refractivity contribution in [1.82, 2.24) is 4.90 Å². The summed E-state index contributed by atoms with van der Waals surface area (Å²) in [6.07, 6.45) is 4.66. The highest BCUT2D eigenvalue weighted by Gasteiger charge is 2.56. The number of aliphatic hydroxyl groups is 7. The molecule has 0 amide bonds. The Morgan fingerprint density at radius 3 is 2.25 bits per heavy atom. The highest BCUT2D eigenvalue weighted by atomic mass is 16.7. The van der Waals surface area contributed by atoms with Crippen molar-refractivity contribution in [3.63, 3.8) is 0 Å². The molecule has 5 aliphatic rings. The summed E-state index contributed by atoms with van der Waals surface area (Å²) in [7, 11) is 3.94. The number of hydrogen-bond donors (Lipinski definition) is 7. The minimum absolute atomic E-state index is 0.0790. The minimum Gasteiger partial charge on any atom is -0.459 e. The van der Waals surface area contributed by atoms with Gasteiger partial charge in [-0.2, -0.15) is 0 Å². The Morgan fingerprint density at radius 1 is 0.859 bits per heavy atom. The van der Waals surface area contributed by atoms with Gasteiger partial charge in [-0.15, -0.1) is 0 Å². The van der Waals surface area contributed by atoms with E-state index < -0.39 is 95.2 Å². The van der Waals surface area contributed by atoms with Crippen molar-refractivity contribution in [1.29, 1.82) is 0 Å². The summed E-state index contributed by atoms with van der Waals surface area (Å²) in [4.78, 5) is 15.8. The van der Waals surface area contributed by atoms with Crippen LogP contribution in [0.3, 0.4) is 0 Å².